The first-order chi connectivity index (χ1) is 16.5. The van der Waals surface area contributed by atoms with Crippen LogP contribution < -0.4 is 0 Å². The predicted molar refractivity (Wildman–Crippen MR) is 103 cm³/mol. The number of ether oxygens (including phenoxy) is 1. The maximum Gasteiger partial charge on any atom is 0.419 e. The molecule has 0 unspecified atom stereocenters. The summed E-state index contributed by atoms with van der Waals surface area (Å²) in [5.41, 5.74) is -3.36. The van der Waals surface area contributed by atoms with E-state index in [4.69, 9.17) is 4.74 Å². The van der Waals surface area contributed by atoms with Crippen LogP contribution in [0.3, 0.4) is 0 Å². The quantitative estimate of drug-likeness (QED) is 0.495. The molecule has 1 saturated heterocycles. The van der Waals surface area contributed by atoms with E-state index in [0.29, 0.717) is 6.07 Å². The number of carbonyl (C=O) groups is 1. The van der Waals surface area contributed by atoms with E-state index in [2.05, 4.69) is 15.2 Å². The molecule has 0 saturated carbocycles. The van der Waals surface area contributed by atoms with Crippen LogP contribution in [0.15, 0.2) is 36.5 Å². The van der Waals surface area contributed by atoms with Crippen molar-refractivity contribution in [1.29, 1.82) is 0 Å². The summed E-state index contributed by atoms with van der Waals surface area (Å²) in [6.45, 7) is -0.189. The fourth-order valence-corrected chi connectivity index (χ4v) is 4.30. The fraction of sp³-hybridized carbons (Fsp3) is 0.333. The molecule has 1 fully saturated rings. The van der Waals surface area contributed by atoms with Crippen LogP contribution in [0, 0.1) is 5.82 Å². The lowest BCUT2D eigenvalue weighted by Crippen LogP contribution is -2.56. The van der Waals surface area contributed by atoms with E-state index >= 15 is 0 Å². The van der Waals surface area contributed by atoms with Gasteiger partial charge in [-0.25, -0.2) is 4.39 Å². The highest BCUT2D eigenvalue weighted by Gasteiger charge is 2.45. The third-order valence-electron chi connectivity index (χ3n) is 5.87. The molecule has 3 aromatic rings. The highest BCUT2D eigenvalue weighted by molar-refractivity contribution is 5.95. The first-order valence-electron chi connectivity index (χ1n) is 10.2. The van der Waals surface area contributed by atoms with Gasteiger partial charge in [0.25, 0.3) is 5.91 Å². The molecule has 2 atom stereocenters. The second-order valence-electron chi connectivity index (χ2n) is 8.00. The lowest BCUT2D eigenvalue weighted by Gasteiger charge is -2.45. The van der Waals surface area contributed by atoms with Gasteiger partial charge in [0, 0.05) is 12.7 Å². The Morgan fingerprint density at radius 2 is 1.80 bits per heavy atom. The number of hydrogen-bond acceptors (Lipinski definition) is 5. The Bertz CT molecular complexity index is 1300. The number of morpholine rings is 1. The van der Waals surface area contributed by atoms with Gasteiger partial charge in [0.2, 0.25) is 0 Å². The molecular formula is C21H14F7N5O2. The Hall–Kier alpha value is -3.55. The van der Waals surface area contributed by atoms with E-state index < -0.39 is 52.9 Å². The van der Waals surface area contributed by atoms with Crippen LogP contribution >= 0.6 is 0 Å². The van der Waals surface area contributed by atoms with Crippen molar-refractivity contribution in [3.8, 4) is 11.5 Å². The molecule has 7 nitrogen and oxygen atoms in total. The van der Waals surface area contributed by atoms with E-state index in [9.17, 15) is 35.5 Å². The molecule has 4 heterocycles. The Balaban J connectivity index is 1.53. The van der Waals surface area contributed by atoms with Gasteiger partial charge in [-0.2, -0.15) is 26.3 Å². The maximum atomic E-state index is 14.7. The monoisotopic (exact) mass is 501 g/mol. The molecular weight excluding hydrogens is 487 g/mol. The molecule has 184 valence electrons. The SMILES string of the molecule is O=C(c1cccc(C(F)(F)F)c1F)N1[C@H]2COC[C@@H]1c1nnc(-c3cc(C(F)(F)F)ccn3)n1C2. The highest BCUT2D eigenvalue weighted by atomic mass is 19.4. The summed E-state index contributed by atoms with van der Waals surface area (Å²) < 4.78 is 101. The average Bonchev–Trinajstić information content (AvgIpc) is 3.20. The predicted octanol–water partition coefficient (Wildman–Crippen LogP) is 4.11. The third kappa shape index (κ3) is 3.90. The largest absolute Gasteiger partial charge is 0.419 e. The van der Waals surface area contributed by atoms with Crippen LogP contribution in [-0.4, -0.2) is 49.8 Å². The summed E-state index contributed by atoms with van der Waals surface area (Å²) in [7, 11) is 0. The van der Waals surface area contributed by atoms with E-state index in [0.717, 1.165) is 30.5 Å². The average molecular weight is 501 g/mol. The van der Waals surface area contributed by atoms with Crippen molar-refractivity contribution in [3.63, 3.8) is 0 Å². The highest BCUT2D eigenvalue weighted by Crippen LogP contribution is 2.38. The van der Waals surface area contributed by atoms with Gasteiger partial charge >= 0.3 is 12.4 Å². The van der Waals surface area contributed by atoms with Gasteiger partial charge in [-0.05, 0) is 24.3 Å². The topological polar surface area (TPSA) is 73.1 Å². The van der Waals surface area contributed by atoms with E-state index in [1.165, 1.54) is 9.47 Å². The van der Waals surface area contributed by atoms with Crippen molar-refractivity contribution >= 4 is 5.91 Å². The molecule has 2 aliphatic heterocycles. The number of nitrogens with zero attached hydrogens (tertiary/aromatic N) is 5. The number of pyridine rings is 1. The van der Waals surface area contributed by atoms with Gasteiger partial charge in [-0.3, -0.25) is 9.78 Å². The van der Waals surface area contributed by atoms with Gasteiger partial charge in [-0.15, -0.1) is 10.2 Å². The number of carbonyl (C=O) groups excluding carboxylic acids is 1. The molecule has 0 N–H and O–H groups in total. The van der Waals surface area contributed by atoms with Crippen LogP contribution in [0.5, 0.6) is 0 Å². The van der Waals surface area contributed by atoms with E-state index in [-0.39, 0.29) is 37.1 Å². The van der Waals surface area contributed by atoms with Crippen molar-refractivity contribution in [2.45, 2.75) is 31.0 Å². The molecule has 0 spiro atoms. The minimum Gasteiger partial charge on any atom is -0.377 e. The van der Waals surface area contributed by atoms with Crippen molar-refractivity contribution in [2.75, 3.05) is 13.2 Å². The molecule has 5 rings (SSSR count). The molecule has 14 heteroatoms. The zero-order valence-corrected chi connectivity index (χ0v) is 17.4. The number of alkyl halides is 6. The standard InChI is InChI=1S/C21H14F7N5O2/c22-16-12(2-1-3-13(16)21(26,27)28)19(34)33-11-7-32-17(30-31-18(32)15(33)9-35-8-11)14-6-10(4-5-29-14)20(23,24)25/h1-6,11,15H,7-9H2/t11-,15-/m1/s1. The summed E-state index contributed by atoms with van der Waals surface area (Å²) in [6, 6.07) is 2.36. The summed E-state index contributed by atoms with van der Waals surface area (Å²) in [5, 5.41) is 7.94. The minimum absolute atomic E-state index is 0.0281. The Kier molecular flexibility index (Phi) is 5.30. The Morgan fingerprint density at radius 3 is 2.51 bits per heavy atom. The maximum absolute atomic E-state index is 14.7. The lowest BCUT2D eigenvalue weighted by atomic mass is 10.0. The number of rotatable bonds is 2. The number of aromatic nitrogens is 4. The molecule has 2 aliphatic rings. The number of fused-ring (bicyclic) bond motifs is 4. The zero-order valence-electron chi connectivity index (χ0n) is 17.4. The Labute approximate surface area is 192 Å². The minimum atomic E-state index is -4.99. The molecule has 2 aromatic heterocycles. The molecule has 0 radical (unpaired) electrons. The third-order valence-corrected chi connectivity index (χ3v) is 5.87. The summed E-state index contributed by atoms with van der Waals surface area (Å²) in [5.74, 6) is -2.51. The van der Waals surface area contributed by atoms with Gasteiger partial charge in [0.1, 0.15) is 17.6 Å². The lowest BCUT2D eigenvalue weighted by molar-refractivity contribution is -0.140. The van der Waals surface area contributed by atoms with Crippen molar-refractivity contribution in [3.05, 3.63) is 64.9 Å². The van der Waals surface area contributed by atoms with Crippen molar-refractivity contribution in [2.24, 2.45) is 0 Å². The van der Waals surface area contributed by atoms with Crippen LogP contribution in [0.4, 0.5) is 30.7 Å². The zero-order chi connectivity index (χ0) is 25.1. The second-order valence-corrected chi connectivity index (χ2v) is 8.00. The van der Waals surface area contributed by atoms with Crippen molar-refractivity contribution < 1.29 is 40.3 Å². The first-order valence-corrected chi connectivity index (χ1v) is 10.2. The van der Waals surface area contributed by atoms with Crippen LogP contribution in [0.25, 0.3) is 11.5 Å². The fourth-order valence-electron chi connectivity index (χ4n) is 4.30. The summed E-state index contributed by atoms with van der Waals surface area (Å²) in [6.07, 6.45) is -8.61. The Morgan fingerprint density at radius 1 is 1.03 bits per heavy atom. The molecule has 0 aliphatic carbocycles. The second kappa shape index (κ2) is 8.00. The molecule has 2 bridgehead atoms. The number of hydrogen-bond donors (Lipinski definition) is 0. The smallest absolute Gasteiger partial charge is 0.377 e. The first kappa shape index (κ1) is 23.2. The van der Waals surface area contributed by atoms with Gasteiger partial charge in [0.15, 0.2) is 11.6 Å². The van der Waals surface area contributed by atoms with Gasteiger partial charge in [0.05, 0.1) is 35.9 Å². The van der Waals surface area contributed by atoms with Crippen LogP contribution in [-0.2, 0) is 23.6 Å². The van der Waals surface area contributed by atoms with E-state index in [1.54, 1.807) is 0 Å². The normalized spacial score (nSPS) is 20.0. The summed E-state index contributed by atoms with van der Waals surface area (Å²) >= 11 is 0. The molecule has 35 heavy (non-hydrogen) atoms. The summed E-state index contributed by atoms with van der Waals surface area (Å²) in [4.78, 5) is 18.4. The van der Waals surface area contributed by atoms with Gasteiger partial charge < -0.3 is 14.2 Å². The van der Waals surface area contributed by atoms with Crippen LogP contribution in [0.2, 0.25) is 0 Å². The molecule has 1 aromatic carbocycles. The number of halogens is 7. The van der Waals surface area contributed by atoms with Gasteiger partial charge in [-0.1, -0.05) is 6.07 Å². The van der Waals surface area contributed by atoms with Crippen LogP contribution in [0.1, 0.15) is 33.4 Å². The number of amides is 1. The van der Waals surface area contributed by atoms with E-state index in [1.807, 2.05) is 0 Å². The van der Waals surface area contributed by atoms with Crippen molar-refractivity contribution in [1.82, 2.24) is 24.6 Å². The number of benzene rings is 1. The molecule has 1 amide bonds.